The molecular formula is CoMnO4. The minimum Gasteiger partial charge on any atom is -2.00 e. The Morgan fingerprint density at radius 1 is 0.667 bits per heavy atom. The fourth-order valence-corrected chi connectivity index (χ4v) is 0. The van der Waals surface area contributed by atoms with Crippen LogP contribution in [-0.4, -0.2) is 0 Å². The second-order valence-electron chi connectivity index (χ2n) is 0. The maximum absolute atomic E-state index is 0. The largest absolute Gasteiger partial charge is 2.00 e. The summed E-state index contributed by atoms with van der Waals surface area (Å²) in [6.07, 6.45) is 0. The van der Waals surface area contributed by atoms with Gasteiger partial charge in [-0.05, 0) is 0 Å². The zero-order valence-electron chi connectivity index (χ0n) is 2.34. The second kappa shape index (κ2) is 185. The summed E-state index contributed by atoms with van der Waals surface area (Å²) >= 11 is 0. The van der Waals surface area contributed by atoms with Gasteiger partial charge in [0.15, 0.2) is 0 Å². The van der Waals surface area contributed by atoms with E-state index in [1.54, 1.807) is 0 Å². The van der Waals surface area contributed by atoms with Gasteiger partial charge in [0, 0.05) is 0 Å². The summed E-state index contributed by atoms with van der Waals surface area (Å²) in [5.41, 5.74) is 0. The van der Waals surface area contributed by atoms with E-state index in [-0.39, 0.29) is 55.8 Å². The zero-order valence-corrected chi connectivity index (χ0v) is 4.57. The molecule has 0 N–H and O–H groups in total. The molecule has 4 nitrogen and oxygen atoms in total. The molecule has 6 heavy (non-hydrogen) atoms. The van der Waals surface area contributed by atoms with Crippen LogP contribution in [0.3, 0.4) is 0 Å². The van der Waals surface area contributed by atoms with Crippen molar-refractivity contribution < 1.29 is 55.8 Å². The Morgan fingerprint density at radius 2 is 0.667 bits per heavy atom. The zero-order chi connectivity index (χ0) is 0. The van der Waals surface area contributed by atoms with Gasteiger partial charge in [-0.2, -0.15) is 0 Å². The van der Waals surface area contributed by atoms with Gasteiger partial charge >= 0.3 is 39.3 Å². The summed E-state index contributed by atoms with van der Waals surface area (Å²) in [6, 6.07) is 0. The molecule has 0 atom stereocenters. The van der Waals surface area contributed by atoms with Gasteiger partial charge in [-0.1, -0.05) is 0 Å². The van der Waals surface area contributed by atoms with Crippen LogP contribution in [0.25, 0.3) is 0 Å². The average molecular weight is 178 g/mol. The van der Waals surface area contributed by atoms with Gasteiger partial charge in [-0.3, -0.25) is 0 Å². The van der Waals surface area contributed by atoms with Crippen molar-refractivity contribution >= 4 is 0 Å². The summed E-state index contributed by atoms with van der Waals surface area (Å²) in [6.45, 7) is 0. The molecule has 0 aliphatic heterocycles. The normalized spacial score (nSPS) is 0. The van der Waals surface area contributed by atoms with E-state index in [4.69, 9.17) is 0 Å². The SMILES string of the molecule is [Co+2].[Mn+2].[O+2].[O-2].[O-2].[O-2]. The molecule has 0 saturated carbocycles. The first-order valence-electron chi connectivity index (χ1n) is 0. The van der Waals surface area contributed by atoms with E-state index in [9.17, 15) is 0 Å². The average Bonchev–Trinajstić information content (AvgIpc) is 0. The molecule has 0 fully saturated rings. The second-order valence-corrected chi connectivity index (χ2v) is 0. The first-order valence-corrected chi connectivity index (χ1v) is 0. The molecular weight excluding hydrogens is 178 g/mol. The Kier molecular flexibility index (Phi) is 9730. The van der Waals surface area contributed by atoms with Crippen LogP contribution in [0.5, 0.6) is 0 Å². The van der Waals surface area contributed by atoms with E-state index in [2.05, 4.69) is 0 Å². The summed E-state index contributed by atoms with van der Waals surface area (Å²) in [5.74, 6) is 0. The van der Waals surface area contributed by atoms with Crippen molar-refractivity contribution in [3.05, 3.63) is 0 Å². The van der Waals surface area contributed by atoms with Crippen LogP contribution in [-0.2, 0) is 55.8 Å². The molecule has 0 heterocycles. The molecule has 0 aliphatic carbocycles. The number of hydrogen-bond acceptors (Lipinski definition) is 0. The maximum Gasteiger partial charge on any atom is 2.00 e. The van der Waals surface area contributed by atoms with Crippen LogP contribution < -0.4 is 0 Å². The van der Waals surface area contributed by atoms with Crippen LogP contribution in [0.2, 0.25) is 0 Å². The molecule has 0 aromatic heterocycles. The van der Waals surface area contributed by atoms with Crippen LogP contribution in [0.1, 0.15) is 0 Å². The Morgan fingerprint density at radius 3 is 0.667 bits per heavy atom. The van der Waals surface area contributed by atoms with Gasteiger partial charge in [0.2, 0.25) is 0 Å². The van der Waals surface area contributed by atoms with Crippen LogP contribution >= 0.6 is 0 Å². The van der Waals surface area contributed by atoms with E-state index >= 15 is 0 Å². The van der Waals surface area contributed by atoms with Gasteiger partial charge < -0.3 is 16.4 Å². The quantitative estimate of drug-likeness (QED) is 0.445. The predicted molar refractivity (Wildman–Crippen MR) is 2.75 cm³/mol. The van der Waals surface area contributed by atoms with Crippen LogP contribution in [0.15, 0.2) is 0 Å². The van der Waals surface area contributed by atoms with E-state index in [0.717, 1.165) is 0 Å². The third kappa shape index (κ3) is 97.0. The van der Waals surface area contributed by atoms with E-state index < -0.39 is 0 Å². The van der Waals surface area contributed by atoms with Crippen molar-refractivity contribution in [1.29, 1.82) is 0 Å². The fourth-order valence-electron chi connectivity index (χ4n) is 0. The number of hydrogen-bond donors (Lipinski definition) is 0. The van der Waals surface area contributed by atoms with Crippen molar-refractivity contribution in [2.45, 2.75) is 0 Å². The molecule has 0 amide bonds. The van der Waals surface area contributed by atoms with E-state index in [1.807, 2.05) is 0 Å². The summed E-state index contributed by atoms with van der Waals surface area (Å²) in [4.78, 5) is 0. The Hall–Kier alpha value is 0.866. The Balaban J connectivity index is 0. The summed E-state index contributed by atoms with van der Waals surface area (Å²) in [7, 11) is 0. The fraction of sp³-hybridized carbons (Fsp3) is 0. The van der Waals surface area contributed by atoms with Crippen molar-refractivity contribution in [2.24, 2.45) is 0 Å². The molecule has 0 spiro atoms. The van der Waals surface area contributed by atoms with Gasteiger partial charge in [0.1, 0.15) is 0 Å². The first kappa shape index (κ1) is 315. The van der Waals surface area contributed by atoms with Crippen molar-refractivity contribution in [3.8, 4) is 0 Å². The minimum atomic E-state index is 0. The minimum absolute atomic E-state index is 0. The summed E-state index contributed by atoms with van der Waals surface area (Å²) < 4.78 is 0. The Bertz CT molecular complexity index is 7.51. The van der Waals surface area contributed by atoms with Crippen LogP contribution in [0.4, 0.5) is 0 Å². The molecule has 0 bridgehead atoms. The van der Waals surface area contributed by atoms with E-state index in [0.29, 0.717) is 0 Å². The maximum atomic E-state index is 0. The molecule has 0 rings (SSSR count). The van der Waals surface area contributed by atoms with Crippen molar-refractivity contribution in [2.75, 3.05) is 0 Å². The van der Waals surface area contributed by atoms with E-state index in [1.165, 1.54) is 0 Å². The van der Waals surface area contributed by atoms with Gasteiger partial charge in [0.05, 0.1) is 0 Å². The predicted octanol–water partition coefficient (Wildman–Crippen LogP) is -0.480. The molecule has 40 valence electrons. The molecule has 0 aromatic rings. The molecule has 0 aromatic carbocycles. The van der Waals surface area contributed by atoms with Gasteiger partial charge in [0.25, 0.3) is 0 Å². The smallest absolute Gasteiger partial charge is 2.00 e. The standard InChI is InChI=1S/Co.Mn.4O/q2*+2;3*-2;+2. The van der Waals surface area contributed by atoms with Gasteiger partial charge in [-0.15, -0.1) is 0 Å². The van der Waals surface area contributed by atoms with Crippen LogP contribution in [0, 0.1) is 0 Å². The molecule has 0 saturated heterocycles. The first-order chi connectivity index (χ1) is 0. The topological polar surface area (TPSA) is 114 Å². The van der Waals surface area contributed by atoms with Crippen molar-refractivity contribution in [1.82, 2.24) is 0 Å². The Labute approximate surface area is 56.2 Å². The third-order valence-electron chi connectivity index (χ3n) is 0. The molecule has 6 heteroatoms. The van der Waals surface area contributed by atoms with Crippen molar-refractivity contribution in [3.63, 3.8) is 0 Å². The molecule has 6 radical (unpaired) electrons. The summed E-state index contributed by atoms with van der Waals surface area (Å²) in [5, 5.41) is 0. The molecule has 0 aliphatic rings. The monoisotopic (exact) mass is 178 g/mol. The van der Waals surface area contributed by atoms with Gasteiger partial charge in [-0.25, -0.2) is 0 Å². The molecule has 0 unspecified atom stereocenters. The third-order valence-corrected chi connectivity index (χ3v) is 0. The number of rotatable bonds is 0.